The fourth-order valence-corrected chi connectivity index (χ4v) is 2.47. The zero-order valence-electron chi connectivity index (χ0n) is 10.8. The Balaban J connectivity index is 2.35. The van der Waals surface area contributed by atoms with Crippen LogP contribution in [0.4, 0.5) is 0 Å². The van der Waals surface area contributed by atoms with Crippen LogP contribution in [0.5, 0.6) is 0 Å². The van der Waals surface area contributed by atoms with E-state index in [-0.39, 0.29) is 0 Å². The van der Waals surface area contributed by atoms with E-state index < -0.39 is 0 Å². The minimum atomic E-state index is 0.566. The summed E-state index contributed by atoms with van der Waals surface area (Å²) in [6.45, 7) is 4.45. The van der Waals surface area contributed by atoms with Crippen LogP contribution in [0.2, 0.25) is 0 Å². The van der Waals surface area contributed by atoms with E-state index in [0.29, 0.717) is 5.92 Å². The number of benzene rings is 3. The summed E-state index contributed by atoms with van der Waals surface area (Å²) in [5.41, 5.74) is 2.21. The van der Waals surface area contributed by atoms with Gasteiger partial charge in [-0.3, -0.25) is 0 Å². The molecule has 3 aromatic carbocycles. The molecule has 18 heavy (non-hydrogen) atoms. The van der Waals surface area contributed by atoms with Crippen molar-refractivity contribution in [2.45, 2.75) is 19.8 Å². The van der Waals surface area contributed by atoms with Crippen molar-refractivity contribution in [3.05, 3.63) is 54.1 Å². The molecular weight excluding hydrogens is 215 g/mol. The second-order valence-corrected chi connectivity index (χ2v) is 5.18. The quantitative estimate of drug-likeness (QED) is 0.439. The summed E-state index contributed by atoms with van der Waals surface area (Å²) in [5, 5.41) is 5.09. The highest BCUT2D eigenvalue weighted by Gasteiger charge is 2.04. The highest BCUT2D eigenvalue weighted by molar-refractivity contribution is 6.33. The Morgan fingerprint density at radius 3 is 2.06 bits per heavy atom. The molecule has 3 rings (SSSR count). The molecule has 0 heterocycles. The van der Waals surface area contributed by atoms with Crippen LogP contribution in [0, 0.1) is 0 Å². The Morgan fingerprint density at radius 2 is 1.39 bits per heavy atom. The molecule has 0 atom stereocenters. The van der Waals surface area contributed by atoms with Crippen molar-refractivity contribution in [3.8, 4) is 0 Å². The van der Waals surface area contributed by atoms with E-state index >= 15 is 0 Å². The number of fused-ring (bicyclic) bond motifs is 3. The molecule has 0 saturated heterocycles. The average Bonchev–Trinajstić information content (AvgIpc) is 2.37. The van der Waals surface area contributed by atoms with Gasteiger partial charge in [0.2, 0.25) is 0 Å². The molecule has 0 N–H and O–H groups in total. The van der Waals surface area contributed by atoms with Crippen molar-refractivity contribution >= 4 is 34.9 Å². The van der Waals surface area contributed by atoms with E-state index in [9.17, 15) is 0 Å². The summed E-state index contributed by atoms with van der Waals surface area (Å²) in [7, 11) is 5.83. The van der Waals surface area contributed by atoms with Gasteiger partial charge in [-0.1, -0.05) is 67.8 Å². The third-order valence-corrected chi connectivity index (χ3v) is 3.55. The Morgan fingerprint density at radius 1 is 0.778 bits per heavy atom. The highest BCUT2D eigenvalue weighted by atomic mass is 14.1. The average molecular weight is 230 g/mol. The van der Waals surface area contributed by atoms with Gasteiger partial charge in [-0.25, -0.2) is 0 Å². The second kappa shape index (κ2) is 4.17. The molecule has 0 fully saturated rings. The molecule has 0 unspecified atom stereocenters. The fourth-order valence-electron chi connectivity index (χ4n) is 2.47. The molecule has 0 aliphatic rings. The van der Waals surface area contributed by atoms with E-state index in [4.69, 9.17) is 7.85 Å². The number of hydrogen-bond donors (Lipinski definition) is 0. The second-order valence-electron chi connectivity index (χ2n) is 5.18. The van der Waals surface area contributed by atoms with E-state index in [0.717, 1.165) is 5.46 Å². The summed E-state index contributed by atoms with van der Waals surface area (Å²) >= 11 is 0. The van der Waals surface area contributed by atoms with E-state index in [1.54, 1.807) is 0 Å². The molecule has 0 aliphatic carbocycles. The van der Waals surface area contributed by atoms with Crippen molar-refractivity contribution < 1.29 is 0 Å². The van der Waals surface area contributed by atoms with Crippen molar-refractivity contribution in [2.75, 3.05) is 0 Å². The SMILES string of the molecule is [B]c1ccc2c(ccc3cc(C(C)C)ccc32)c1. The summed E-state index contributed by atoms with van der Waals surface area (Å²) in [6, 6.07) is 17.2. The molecule has 1 heteroatoms. The normalized spacial score (nSPS) is 11.5. The molecule has 0 saturated carbocycles. The molecule has 86 valence electrons. The standard InChI is InChI=1S/C17H15B/c1-11(2)12-5-7-16-13(9-12)3-4-14-10-15(18)6-8-17(14)16/h3-11H,1-2H3. The molecule has 2 radical (unpaired) electrons. The maximum atomic E-state index is 5.83. The van der Waals surface area contributed by atoms with Crippen molar-refractivity contribution in [2.24, 2.45) is 0 Å². The monoisotopic (exact) mass is 230 g/mol. The van der Waals surface area contributed by atoms with E-state index in [2.05, 4.69) is 50.2 Å². The van der Waals surface area contributed by atoms with Crippen LogP contribution < -0.4 is 5.46 Å². The molecule has 0 spiro atoms. The first-order chi connectivity index (χ1) is 8.65. The topological polar surface area (TPSA) is 0 Å². The lowest BCUT2D eigenvalue weighted by atomic mass is 9.91. The Bertz CT molecular complexity index is 726. The largest absolute Gasteiger partial charge is 0.113 e. The zero-order valence-corrected chi connectivity index (χ0v) is 10.8. The Hall–Kier alpha value is -1.76. The van der Waals surface area contributed by atoms with Crippen molar-refractivity contribution in [1.82, 2.24) is 0 Å². The van der Waals surface area contributed by atoms with E-state index in [1.807, 2.05) is 12.1 Å². The van der Waals surface area contributed by atoms with Crippen LogP contribution in [0.3, 0.4) is 0 Å². The maximum absolute atomic E-state index is 5.83. The van der Waals surface area contributed by atoms with Crippen LogP contribution in [-0.4, -0.2) is 7.85 Å². The Labute approximate surface area is 109 Å². The lowest BCUT2D eigenvalue weighted by Gasteiger charge is -2.09. The third-order valence-electron chi connectivity index (χ3n) is 3.55. The van der Waals surface area contributed by atoms with Gasteiger partial charge in [0.05, 0.1) is 0 Å². The van der Waals surface area contributed by atoms with Gasteiger partial charge < -0.3 is 0 Å². The van der Waals surface area contributed by atoms with Gasteiger partial charge in [-0.2, -0.15) is 0 Å². The van der Waals surface area contributed by atoms with Gasteiger partial charge in [0.25, 0.3) is 0 Å². The van der Waals surface area contributed by atoms with Crippen LogP contribution >= 0.6 is 0 Å². The van der Waals surface area contributed by atoms with E-state index in [1.165, 1.54) is 27.1 Å². The highest BCUT2D eigenvalue weighted by Crippen LogP contribution is 2.27. The smallest absolute Gasteiger partial charge is 0.0960 e. The molecular formula is C17H15B. The predicted molar refractivity (Wildman–Crippen MR) is 80.9 cm³/mol. The number of rotatable bonds is 1. The maximum Gasteiger partial charge on any atom is 0.113 e. The van der Waals surface area contributed by atoms with Gasteiger partial charge in [-0.15, -0.1) is 0 Å². The lowest BCUT2D eigenvalue weighted by molar-refractivity contribution is 0.869. The molecule has 0 amide bonds. The summed E-state index contributed by atoms with van der Waals surface area (Å²) in [5.74, 6) is 0.566. The molecule has 0 aliphatic heterocycles. The molecule has 3 aromatic rings. The molecule has 0 nitrogen and oxygen atoms in total. The van der Waals surface area contributed by atoms with Gasteiger partial charge in [0.15, 0.2) is 0 Å². The summed E-state index contributed by atoms with van der Waals surface area (Å²) in [4.78, 5) is 0. The first kappa shape index (κ1) is 11.3. The summed E-state index contributed by atoms with van der Waals surface area (Å²) in [6.07, 6.45) is 0. The van der Waals surface area contributed by atoms with Crippen LogP contribution in [0.1, 0.15) is 25.3 Å². The first-order valence-electron chi connectivity index (χ1n) is 6.37. The molecule has 0 aromatic heterocycles. The lowest BCUT2D eigenvalue weighted by Crippen LogP contribution is -1.99. The predicted octanol–water partition coefficient (Wildman–Crippen LogP) is 3.91. The van der Waals surface area contributed by atoms with Crippen LogP contribution in [-0.2, 0) is 0 Å². The van der Waals surface area contributed by atoms with Gasteiger partial charge >= 0.3 is 0 Å². The summed E-state index contributed by atoms with van der Waals surface area (Å²) < 4.78 is 0. The number of hydrogen-bond acceptors (Lipinski definition) is 0. The molecule has 0 bridgehead atoms. The van der Waals surface area contributed by atoms with Gasteiger partial charge in [0, 0.05) is 0 Å². The first-order valence-corrected chi connectivity index (χ1v) is 6.37. The van der Waals surface area contributed by atoms with Crippen LogP contribution in [0.25, 0.3) is 21.5 Å². The fraction of sp³-hybridized carbons (Fsp3) is 0.176. The minimum absolute atomic E-state index is 0.566. The van der Waals surface area contributed by atoms with Crippen molar-refractivity contribution in [1.29, 1.82) is 0 Å². The Kier molecular flexibility index (Phi) is 2.63. The zero-order chi connectivity index (χ0) is 12.7. The van der Waals surface area contributed by atoms with Gasteiger partial charge in [0.1, 0.15) is 7.85 Å². The van der Waals surface area contributed by atoms with Gasteiger partial charge in [-0.05, 0) is 33.0 Å². The minimum Gasteiger partial charge on any atom is -0.0960 e. The van der Waals surface area contributed by atoms with Crippen LogP contribution in [0.15, 0.2) is 48.5 Å². The third kappa shape index (κ3) is 1.80. The van der Waals surface area contributed by atoms with Crippen molar-refractivity contribution in [3.63, 3.8) is 0 Å².